The smallest absolute Gasteiger partial charge is 0.348 e. The Hall–Kier alpha value is -3.67. The predicted molar refractivity (Wildman–Crippen MR) is 121 cm³/mol. The average molecular weight is 488 g/mol. The first kappa shape index (κ1) is 22.5. The van der Waals surface area contributed by atoms with Crippen LogP contribution in [0.4, 0.5) is 0 Å². The van der Waals surface area contributed by atoms with Crippen molar-refractivity contribution < 1.29 is 18.6 Å². The van der Waals surface area contributed by atoms with Crippen LogP contribution >= 0.6 is 11.6 Å². The summed E-state index contributed by atoms with van der Waals surface area (Å²) in [5, 5.41) is 27.3. The van der Waals surface area contributed by atoms with E-state index in [1.165, 1.54) is 19.4 Å². The monoisotopic (exact) mass is 487 g/mol. The first-order valence-electron chi connectivity index (χ1n) is 9.54. The van der Waals surface area contributed by atoms with Crippen molar-refractivity contribution in [3.8, 4) is 28.6 Å². The summed E-state index contributed by atoms with van der Waals surface area (Å²) in [4.78, 5) is 15.9. The fourth-order valence-corrected chi connectivity index (χ4v) is 4.74. The van der Waals surface area contributed by atoms with Gasteiger partial charge in [0.05, 0.1) is 16.3 Å². The molecule has 0 unspecified atom stereocenters. The maximum Gasteiger partial charge on any atom is 0.348 e. The Morgan fingerprint density at radius 3 is 2.48 bits per heavy atom. The third-order valence-corrected chi connectivity index (χ3v) is 7.08. The van der Waals surface area contributed by atoms with Gasteiger partial charge in [0, 0.05) is 32.1 Å². The highest BCUT2D eigenvalue weighted by molar-refractivity contribution is 7.89. The molecule has 0 aliphatic rings. The Morgan fingerprint density at radius 2 is 1.79 bits per heavy atom. The van der Waals surface area contributed by atoms with E-state index in [-0.39, 0.29) is 28.6 Å². The zero-order valence-corrected chi connectivity index (χ0v) is 18.7. The molecule has 3 N–H and O–H groups in total. The molecule has 12 heteroatoms. The molecule has 0 saturated heterocycles. The molecule has 0 saturated carbocycles. The summed E-state index contributed by atoms with van der Waals surface area (Å²) in [7, 11) is -2.84. The highest BCUT2D eigenvalue weighted by Crippen LogP contribution is 2.38. The Bertz CT molecular complexity index is 1480. The number of benzene rings is 2. The predicted octanol–water partition coefficient (Wildman–Crippen LogP) is 2.51. The second-order valence-corrected chi connectivity index (χ2v) is 9.51. The number of nitrogens with zero attached hydrogens (tertiary/aromatic N) is 4. The molecular formula is C21H18ClN5O5S. The lowest BCUT2D eigenvalue weighted by atomic mass is 10.1. The average Bonchev–Trinajstić information content (AvgIpc) is 3.15. The van der Waals surface area contributed by atoms with E-state index in [0.29, 0.717) is 5.56 Å². The summed E-state index contributed by atoms with van der Waals surface area (Å²) in [6.45, 7) is 0.0211. The van der Waals surface area contributed by atoms with Crippen molar-refractivity contribution in [3.63, 3.8) is 0 Å². The van der Waals surface area contributed by atoms with E-state index in [4.69, 9.17) is 11.6 Å². The van der Waals surface area contributed by atoms with E-state index in [1.807, 2.05) is 0 Å². The van der Waals surface area contributed by atoms with E-state index in [0.717, 1.165) is 21.0 Å². The minimum absolute atomic E-state index is 0.0211. The van der Waals surface area contributed by atoms with Gasteiger partial charge in [0.15, 0.2) is 5.82 Å². The van der Waals surface area contributed by atoms with E-state index in [9.17, 15) is 23.4 Å². The Morgan fingerprint density at radius 1 is 1.09 bits per heavy atom. The molecule has 0 amide bonds. The van der Waals surface area contributed by atoms with Crippen molar-refractivity contribution in [2.75, 3.05) is 7.05 Å². The number of halogens is 1. The first-order chi connectivity index (χ1) is 15.7. The standard InChI is InChI=1S/C21H18ClN5O5S/c1-26(12-13-6-8-23-9-7-13)33(31,32)19-10-14(17(28)11-18(19)29)20-24-25-21(30)27(20)16-5-3-2-4-15(16)22/h2-11,28-29H,12H2,1H3,(H,25,30). The zero-order chi connectivity index (χ0) is 23.8. The van der Waals surface area contributed by atoms with Gasteiger partial charge in [-0.05, 0) is 35.9 Å². The number of aromatic nitrogens is 4. The van der Waals surface area contributed by atoms with Crippen LogP contribution < -0.4 is 5.69 Å². The Balaban J connectivity index is 1.83. The molecule has 0 aliphatic heterocycles. The molecule has 0 bridgehead atoms. The molecule has 4 rings (SSSR count). The second kappa shape index (κ2) is 8.70. The highest BCUT2D eigenvalue weighted by atomic mass is 35.5. The Labute approximate surface area is 193 Å². The summed E-state index contributed by atoms with van der Waals surface area (Å²) < 4.78 is 28.6. The van der Waals surface area contributed by atoms with Crippen molar-refractivity contribution in [3.05, 3.63) is 82.0 Å². The van der Waals surface area contributed by atoms with Crippen LogP contribution in [0.25, 0.3) is 17.1 Å². The van der Waals surface area contributed by atoms with E-state index in [2.05, 4.69) is 15.2 Å². The SMILES string of the molecule is CN(Cc1ccncc1)S(=O)(=O)c1cc(-c2n[nH]c(=O)n2-c2ccccc2Cl)c(O)cc1O. The molecule has 2 aromatic heterocycles. The molecule has 2 aromatic carbocycles. The number of para-hydroxylation sites is 1. The molecule has 33 heavy (non-hydrogen) atoms. The van der Waals surface area contributed by atoms with Gasteiger partial charge in [-0.2, -0.15) is 9.40 Å². The molecular weight excluding hydrogens is 470 g/mol. The molecule has 0 aliphatic carbocycles. The van der Waals surface area contributed by atoms with Gasteiger partial charge in [0.25, 0.3) is 0 Å². The van der Waals surface area contributed by atoms with E-state index in [1.54, 1.807) is 36.4 Å². The van der Waals surface area contributed by atoms with Crippen LogP contribution in [0.3, 0.4) is 0 Å². The number of aromatic amines is 1. The Kier molecular flexibility index (Phi) is 5.93. The van der Waals surface area contributed by atoms with Crippen LogP contribution in [0.1, 0.15) is 5.56 Å². The van der Waals surface area contributed by atoms with Gasteiger partial charge in [-0.3, -0.25) is 4.98 Å². The number of aromatic hydroxyl groups is 2. The lowest BCUT2D eigenvalue weighted by Crippen LogP contribution is -2.26. The maximum atomic E-state index is 13.2. The van der Waals surface area contributed by atoms with E-state index < -0.39 is 32.1 Å². The van der Waals surface area contributed by atoms with Crippen molar-refractivity contribution in [1.29, 1.82) is 0 Å². The van der Waals surface area contributed by atoms with Gasteiger partial charge >= 0.3 is 5.69 Å². The number of phenols is 2. The quantitative estimate of drug-likeness (QED) is 0.379. The minimum Gasteiger partial charge on any atom is -0.507 e. The van der Waals surface area contributed by atoms with Crippen LogP contribution in [0, 0.1) is 0 Å². The molecule has 0 fully saturated rings. The first-order valence-corrected chi connectivity index (χ1v) is 11.4. The second-order valence-electron chi connectivity index (χ2n) is 7.09. The molecule has 10 nitrogen and oxygen atoms in total. The molecule has 4 aromatic rings. The zero-order valence-electron chi connectivity index (χ0n) is 17.2. The number of nitrogens with one attached hydrogen (secondary N) is 1. The summed E-state index contributed by atoms with van der Waals surface area (Å²) >= 11 is 6.22. The van der Waals surface area contributed by atoms with Crippen molar-refractivity contribution in [2.24, 2.45) is 0 Å². The summed E-state index contributed by atoms with van der Waals surface area (Å²) in [5.74, 6) is -1.21. The normalized spacial score (nSPS) is 11.7. The van der Waals surface area contributed by atoms with Gasteiger partial charge in [0.2, 0.25) is 10.0 Å². The van der Waals surface area contributed by atoms with Gasteiger partial charge < -0.3 is 10.2 Å². The summed E-state index contributed by atoms with van der Waals surface area (Å²) in [5.41, 5.74) is 0.223. The molecule has 0 radical (unpaired) electrons. The van der Waals surface area contributed by atoms with Crippen molar-refractivity contribution in [2.45, 2.75) is 11.4 Å². The third kappa shape index (κ3) is 4.21. The molecule has 170 valence electrons. The number of phenolic OH excluding ortho intramolecular Hbond substituents is 2. The summed E-state index contributed by atoms with van der Waals surface area (Å²) in [6.07, 6.45) is 3.08. The van der Waals surface area contributed by atoms with Crippen LogP contribution in [0.5, 0.6) is 11.5 Å². The maximum absolute atomic E-state index is 13.2. The minimum atomic E-state index is -4.19. The van der Waals surface area contributed by atoms with Crippen molar-refractivity contribution >= 4 is 21.6 Å². The molecule has 0 atom stereocenters. The van der Waals surface area contributed by atoms with E-state index >= 15 is 0 Å². The van der Waals surface area contributed by atoms with Gasteiger partial charge in [-0.25, -0.2) is 22.9 Å². The van der Waals surface area contributed by atoms with Gasteiger partial charge in [-0.15, -0.1) is 0 Å². The number of H-pyrrole nitrogens is 1. The number of hydrogen-bond donors (Lipinski definition) is 3. The largest absolute Gasteiger partial charge is 0.507 e. The highest BCUT2D eigenvalue weighted by Gasteiger charge is 2.28. The number of hydrogen-bond acceptors (Lipinski definition) is 7. The van der Waals surface area contributed by atoms with Crippen LogP contribution in [0.15, 0.2) is 70.6 Å². The fourth-order valence-electron chi connectivity index (χ4n) is 3.28. The van der Waals surface area contributed by atoms with Crippen molar-refractivity contribution in [1.82, 2.24) is 24.1 Å². The molecule has 0 spiro atoms. The molecule has 2 heterocycles. The topological polar surface area (TPSA) is 141 Å². The van der Waals surface area contributed by atoms with Crippen LogP contribution in [0.2, 0.25) is 5.02 Å². The van der Waals surface area contributed by atoms with Crippen LogP contribution in [-0.4, -0.2) is 49.7 Å². The number of rotatable bonds is 6. The lowest BCUT2D eigenvalue weighted by molar-refractivity contribution is 0.430. The van der Waals surface area contributed by atoms with Gasteiger partial charge in [0.1, 0.15) is 16.4 Å². The van der Waals surface area contributed by atoms with Crippen LogP contribution in [-0.2, 0) is 16.6 Å². The number of sulfonamides is 1. The lowest BCUT2D eigenvalue weighted by Gasteiger charge is -2.19. The van der Waals surface area contributed by atoms with Gasteiger partial charge in [-0.1, -0.05) is 23.7 Å². The number of pyridine rings is 1. The fraction of sp³-hybridized carbons (Fsp3) is 0.0952. The third-order valence-electron chi connectivity index (χ3n) is 4.93. The summed E-state index contributed by atoms with van der Waals surface area (Å²) in [6, 6.07) is 11.8.